The third kappa shape index (κ3) is 5.40. The van der Waals surface area contributed by atoms with Crippen LogP contribution >= 0.6 is 0 Å². The summed E-state index contributed by atoms with van der Waals surface area (Å²) in [5, 5.41) is 13.4. The molecule has 7 heteroatoms. The van der Waals surface area contributed by atoms with Crippen molar-refractivity contribution in [2.75, 3.05) is 23.7 Å². The van der Waals surface area contributed by atoms with E-state index >= 15 is 0 Å². The van der Waals surface area contributed by atoms with Gasteiger partial charge in [0.2, 0.25) is 0 Å². The maximum atomic E-state index is 12.0. The van der Waals surface area contributed by atoms with Crippen LogP contribution in [0, 0.1) is 0 Å². The van der Waals surface area contributed by atoms with Gasteiger partial charge in [0.05, 0.1) is 0 Å². The van der Waals surface area contributed by atoms with E-state index in [0.717, 1.165) is 58.9 Å². The lowest BCUT2D eigenvalue weighted by Gasteiger charge is -2.08. The fraction of sp³-hybridized carbons (Fsp3) is 0.364. The predicted molar refractivity (Wildman–Crippen MR) is 120 cm³/mol. The number of anilines is 2. The van der Waals surface area contributed by atoms with Crippen LogP contribution in [-0.2, 0) is 0 Å². The Balaban J connectivity index is 1.76. The van der Waals surface area contributed by atoms with Gasteiger partial charge in [0.25, 0.3) is 0 Å². The van der Waals surface area contributed by atoms with Crippen LogP contribution in [-0.4, -0.2) is 30.1 Å². The van der Waals surface area contributed by atoms with Gasteiger partial charge in [0, 0.05) is 46.3 Å². The second kappa shape index (κ2) is 9.82. The summed E-state index contributed by atoms with van der Waals surface area (Å²) in [5.74, 6) is 0. The molecule has 0 fully saturated rings. The normalized spacial score (nSPS) is 10.8. The number of carbonyl (C=O) groups is 2. The molecule has 4 amide bonds. The molecule has 1 aromatic heterocycles. The van der Waals surface area contributed by atoms with Crippen LogP contribution in [0.4, 0.5) is 21.0 Å². The number of amides is 4. The quantitative estimate of drug-likeness (QED) is 0.340. The van der Waals surface area contributed by atoms with E-state index in [1.54, 1.807) is 0 Å². The molecule has 0 saturated carbocycles. The molecule has 7 nitrogen and oxygen atoms in total. The van der Waals surface area contributed by atoms with Crippen molar-refractivity contribution in [2.45, 2.75) is 39.5 Å². The number of H-pyrrole nitrogens is 1. The smallest absolute Gasteiger partial charge is 0.319 e. The van der Waals surface area contributed by atoms with E-state index in [-0.39, 0.29) is 12.1 Å². The first-order chi connectivity index (χ1) is 14.1. The van der Waals surface area contributed by atoms with Crippen LogP contribution in [0.3, 0.4) is 0 Å². The third-order valence-corrected chi connectivity index (χ3v) is 4.75. The predicted octanol–water partition coefficient (Wildman–Crippen LogP) is 5.16. The molecule has 154 valence electrons. The van der Waals surface area contributed by atoms with Crippen LogP contribution < -0.4 is 21.3 Å². The minimum atomic E-state index is -0.205. The van der Waals surface area contributed by atoms with Gasteiger partial charge in [-0.1, -0.05) is 26.7 Å². The molecular formula is C22H29N5O2. The number of fused-ring (bicyclic) bond motifs is 3. The highest BCUT2D eigenvalue weighted by Gasteiger charge is 2.09. The average molecular weight is 396 g/mol. The van der Waals surface area contributed by atoms with E-state index < -0.39 is 0 Å². The van der Waals surface area contributed by atoms with Crippen molar-refractivity contribution >= 4 is 45.2 Å². The zero-order valence-electron chi connectivity index (χ0n) is 17.0. The van der Waals surface area contributed by atoms with Crippen molar-refractivity contribution < 1.29 is 9.59 Å². The number of benzene rings is 2. The minimum absolute atomic E-state index is 0.205. The maximum absolute atomic E-state index is 12.0. The molecule has 0 aliphatic rings. The van der Waals surface area contributed by atoms with E-state index in [4.69, 9.17) is 0 Å². The number of urea groups is 2. The zero-order valence-corrected chi connectivity index (χ0v) is 17.0. The van der Waals surface area contributed by atoms with Gasteiger partial charge in [-0.3, -0.25) is 0 Å². The van der Waals surface area contributed by atoms with E-state index in [9.17, 15) is 9.59 Å². The van der Waals surface area contributed by atoms with Crippen LogP contribution in [0.2, 0.25) is 0 Å². The summed E-state index contributed by atoms with van der Waals surface area (Å²) in [6.45, 7) is 5.49. The molecule has 0 aliphatic heterocycles. The Morgan fingerprint density at radius 1 is 0.759 bits per heavy atom. The van der Waals surface area contributed by atoms with E-state index in [0.29, 0.717) is 13.1 Å². The van der Waals surface area contributed by atoms with Gasteiger partial charge in [-0.05, 0) is 49.2 Å². The van der Waals surface area contributed by atoms with Gasteiger partial charge in [-0.25, -0.2) is 9.59 Å². The number of aromatic amines is 1. The highest BCUT2D eigenvalue weighted by molar-refractivity contribution is 6.10. The first-order valence-electron chi connectivity index (χ1n) is 10.3. The maximum Gasteiger partial charge on any atom is 0.319 e. The molecule has 0 bridgehead atoms. The largest absolute Gasteiger partial charge is 0.355 e. The summed E-state index contributed by atoms with van der Waals surface area (Å²) in [7, 11) is 0. The monoisotopic (exact) mass is 395 g/mol. The highest BCUT2D eigenvalue weighted by atomic mass is 16.2. The Bertz CT molecular complexity index is 917. The molecular weight excluding hydrogens is 366 g/mol. The summed E-state index contributed by atoms with van der Waals surface area (Å²) in [4.78, 5) is 27.4. The molecule has 0 saturated heterocycles. The molecule has 1 heterocycles. The van der Waals surface area contributed by atoms with Gasteiger partial charge in [0.1, 0.15) is 0 Å². The van der Waals surface area contributed by atoms with Gasteiger partial charge < -0.3 is 26.3 Å². The van der Waals surface area contributed by atoms with Crippen molar-refractivity contribution in [3.05, 3.63) is 36.4 Å². The molecule has 0 radical (unpaired) electrons. The van der Waals surface area contributed by atoms with Gasteiger partial charge >= 0.3 is 12.1 Å². The SMILES string of the molecule is CCCCNC(=O)Nc1ccc2[nH]c3ccc(NC(=O)NCCCC)cc3c2c1. The topological polar surface area (TPSA) is 98.1 Å². The zero-order chi connectivity index (χ0) is 20.6. The number of aromatic nitrogens is 1. The van der Waals surface area contributed by atoms with Gasteiger partial charge in [0.15, 0.2) is 0 Å². The van der Waals surface area contributed by atoms with Crippen LogP contribution in [0.25, 0.3) is 21.8 Å². The Morgan fingerprint density at radius 3 is 1.62 bits per heavy atom. The van der Waals surface area contributed by atoms with Crippen LogP contribution in [0.1, 0.15) is 39.5 Å². The lowest BCUT2D eigenvalue weighted by molar-refractivity contribution is 0.251. The Hall–Kier alpha value is -3.22. The fourth-order valence-corrected chi connectivity index (χ4v) is 3.16. The molecule has 3 rings (SSSR count). The standard InChI is InChI=1S/C22H29N5O2/c1-3-5-11-23-21(28)25-15-7-9-19-17(13-15)18-14-16(8-10-20(18)27-19)26-22(29)24-12-6-4-2/h7-10,13-14,27H,3-6,11-12H2,1-2H3,(H2,23,25,28)(H2,24,26,29). The average Bonchev–Trinajstić information content (AvgIpc) is 3.06. The third-order valence-electron chi connectivity index (χ3n) is 4.75. The first kappa shape index (κ1) is 20.5. The van der Waals surface area contributed by atoms with Crippen molar-refractivity contribution in [3.63, 3.8) is 0 Å². The molecule has 0 spiro atoms. The van der Waals surface area contributed by atoms with E-state index in [1.165, 1.54) is 0 Å². The summed E-state index contributed by atoms with van der Waals surface area (Å²) >= 11 is 0. The van der Waals surface area contributed by atoms with Crippen molar-refractivity contribution in [3.8, 4) is 0 Å². The van der Waals surface area contributed by atoms with Crippen molar-refractivity contribution in [1.82, 2.24) is 15.6 Å². The fourth-order valence-electron chi connectivity index (χ4n) is 3.16. The number of nitrogens with one attached hydrogen (secondary N) is 5. The number of hydrogen-bond donors (Lipinski definition) is 5. The van der Waals surface area contributed by atoms with Crippen LogP contribution in [0.5, 0.6) is 0 Å². The summed E-state index contributed by atoms with van der Waals surface area (Å²) in [6, 6.07) is 11.1. The van der Waals surface area contributed by atoms with Crippen molar-refractivity contribution in [1.29, 1.82) is 0 Å². The van der Waals surface area contributed by atoms with E-state index in [2.05, 4.69) is 40.1 Å². The molecule has 29 heavy (non-hydrogen) atoms. The second-order valence-electron chi connectivity index (χ2n) is 7.11. The summed E-state index contributed by atoms with van der Waals surface area (Å²) < 4.78 is 0. The minimum Gasteiger partial charge on any atom is -0.355 e. The van der Waals surface area contributed by atoms with Gasteiger partial charge in [-0.2, -0.15) is 0 Å². The van der Waals surface area contributed by atoms with E-state index in [1.807, 2.05) is 36.4 Å². The molecule has 0 atom stereocenters. The summed E-state index contributed by atoms with van der Waals surface area (Å²) in [6.07, 6.45) is 3.98. The number of unbranched alkanes of at least 4 members (excludes halogenated alkanes) is 2. The van der Waals surface area contributed by atoms with Crippen LogP contribution in [0.15, 0.2) is 36.4 Å². The number of rotatable bonds is 8. The second-order valence-corrected chi connectivity index (χ2v) is 7.11. The molecule has 0 unspecified atom stereocenters. The first-order valence-corrected chi connectivity index (χ1v) is 10.3. The Morgan fingerprint density at radius 2 is 1.21 bits per heavy atom. The lowest BCUT2D eigenvalue weighted by Crippen LogP contribution is -2.29. The number of hydrogen-bond acceptors (Lipinski definition) is 2. The number of carbonyl (C=O) groups excluding carboxylic acids is 2. The highest BCUT2D eigenvalue weighted by Crippen LogP contribution is 2.30. The summed E-state index contributed by atoms with van der Waals surface area (Å²) in [5.41, 5.74) is 3.40. The molecule has 2 aromatic carbocycles. The van der Waals surface area contributed by atoms with Crippen molar-refractivity contribution in [2.24, 2.45) is 0 Å². The lowest BCUT2D eigenvalue weighted by atomic mass is 10.1. The molecule has 0 aliphatic carbocycles. The molecule has 3 aromatic rings. The molecule has 5 N–H and O–H groups in total. The Kier molecular flexibility index (Phi) is 6.94. The van der Waals surface area contributed by atoms with Gasteiger partial charge in [-0.15, -0.1) is 0 Å². The Labute approximate surface area is 170 Å².